The Morgan fingerprint density at radius 3 is 1.74 bits per heavy atom. The second-order valence-electron chi connectivity index (χ2n) is 5.55. The van der Waals surface area contributed by atoms with E-state index in [1.807, 2.05) is 24.3 Å². The maximum absolute atomic E-state index is 7.71. The molecule has 1 aliphatic heterocycles. The summed E-state index contributed by atoms with van der Waals surface area (Å²) in [6, 6.07) is 17.0. The highest BCUT2D eigenvalue weighted by molar-refractivity contribution is 14.0. The van der Waals surface area contributed by atoms with Crippen molar-refractivity contribution in [3.8, 4) is 0 Å². The third-order valence-electron chi connectivity index (χ3n) is 4.24. The molecule has 0 aromatic heterocycles. The summed E-state index contributed by atoms with van der Waals surface area (Å²) in [6.45, 7) is 0. The second-order valence-corrected chi connectivity index (χ2v) is 5.55. The lowest BCUT2D eigenvalue weighted by atomic mass is 9.86. The predicted molar refractivity (Wildman–Crippen MR) is 108 cm³/mol. The minimum absolute atomic E-state index is 0. The van der Waals surface area contributed by atoms with Gasteiger partial charge in [-0.05, 0) is 29.9 Å². The highest BCUT2D eigenvalue weighted by Gasteiger charge is 2.25. The summed E-state index contributed by atoms with van der Waals surface area (Å²) in [7, 11) is 2.11. The van der Waals surface area contributed by atoms with Crippen molar-refractivity contribution in [2.45, 2.75) is 0 Å². The Labute approximate surface area is 153 Å². The summed E-state index contributed by atoms with van der Waals surface area (Å²) < 4.78 is 0. The van der Waals surface area contributed by atoms with E-state index >= 15 is 0 Å². The van der Waals surface area contributed by atoms with E-state index in [-0.39, 0.29) is 24.0 Å². The number of nitrogens with one attached hydrogen (secondary N) is 1. The Balaban J connectivity index is 0.00000156. The molecule has 0 atom stereocenters. The molecule has 0 fully saturated rings. The van der Waals surface area contributed by atoms with Gasteiger partial charge >= 0.3 is 0 Å². The third-order valence-corrected chi connectivity index (χ3v) is 4.24. The normalized spacial score (nSPS) is 15.2. The number of fused-ring (bicyclic) bond motifs is 2. The first-order chi connectivity index (χ1) is 10.8. The summed E-state index contributed by atoms with van der Waals surface area (Å²) in [4.78, 5) is 2.24. The fraction of sp³-hybridized carbons (Fsp3) is 0.0500. The zero-order chi connectivity index (χ0) is 15.1. The first-order valence-corrected chi connectivity index (χ1v) is 7.37. The minimum Gasteiger partial charge on any atom is -0.344 e. The molecule has 0 saturated carbocycles. The van der Waals surface area contributed by atoms with Crippen LogP contribution in [0.5, 0.6) is 0 Å². The minimum atomic E-state index is 0. The van der Waals surface area contributed by atoms with Gasteiger partial charge in [0.25, 0.3) is 0 Å². The molecule has 3 heteroatoms. The Kier molecular flexibility index (Phi) is 4.22. The molecule has 2 aliphatic rings. The van der Waals surface area contributed by atoms with Crippen molar-refractivity contribution in [3.05, 3.63) is 89.5 Å². The lowest BCUT2D eigenvalue weighted by Gasteiger charge is -2.32. The van der Waals surface area contributed by atoms with Crippen molar-refractivity contribution in [2.24, 2.45) is 0 Å². The number of anilines is 2. The van der Waals surface area contributed by atoms with Crippen molar-refractivity contribution in [3.63, 3.8) is 0 Å². The summed E-state index contributed by atoms with van der Waals surface area (Å²) in [5, 5.41) is 7.71. The summed E-state index contributed by atoms with van der Waals surface area (Å²) >= 11 is 0. The van der Waals surface area contributed by atoms with Crippen LogP contribution in [0, 0.1) is 5.41 Å². The Morgan fingerprint density at radius 1 is 0.739 bits per heavy atom. The van der Waals surface area contributed by atoms with Crippen LogP contribution in [-0.4, -0.2) is 12.8 Å². The molecule has 114 valence electrons. The van der Waals surface area contributed by atoms with Gasteiger partial charge in [0.05, 0.1) is 5.71 Å². The molecule has 0 unspecified atom stereocenters. The first kappa shape index (κ1) is 15.7. The molecule has 0 spiro atoms. The van der Waals surface area contributed by atoms with Crippen LogP contribution in [0.4, 0.5) is 11.4 Å². The Hall–Kier alpha value is -2.14. The van der Waals surface area contributed by atoms with E-state index in [0.29, 0.717) is 5.71 Å². The van der Waals surface area contributed by atoms with Crippen LogP contribution in [0.1, 0.15) is 11.1 Å². The predicted octanol–water partition coefficient (Wildman–Crippen LogP) is 5.33. The van der Waals surface area contributed by atoms with Crippen LogP contribution in [0.3, 0.4) is 0 Å². The van der Waals surface area contributed by atoms with Gasteiger partial charge in [-0.15, -0.1) is 24.0 Å². The molecular weight excluding hydrogens is 395 g/mol. The van der Waals surface area contributed by atoms with E-state index in [9.17, 15) is 0 Å². The Bertz CT molecular complexity index is 807. The fourth-order valence-corrected chi connectivity index (χ4v) is 3.18. The maximum Gasteiger partial charge on any atom is 0.0540 e. The molecule has 4 rings (SSSR count). The van der Waals surface area contributed by atoms with Crippen LogP contribution in [0.15, 0.2) is 78.4 Å². The molecule has 2 aromatic rings. The van der Waals surface area contributed by atoms with E-state index < -0.39 is 0 Å². The van der Waals surface area contributed by atoms with Gasteiger partial charge in [0.15, 0.2) is 0 Å². The van der Waals surface area contributed by atoms with Crippen LogP contribution in [0.25, 0.3) is 5.57 Å². The van der Waals surface area contributed by atoms with E-state index in [4.69, 9.17) is 5.41 Å². The number of para-hydroxylation sites is 2. The molecule has 0 saturated heterocycles. The van der Waals surface area contributed by atoms with E-state index in [2.05, 4.69) is 60.5 Å². The summed E-state index contributed by atoms with van der Waals surface area (Å²) in [6.07, 6.45) is 7.78. The standard InChI is InChI=1S/C20H16N2.HI/c1-22-18-8-4-2-6-16(18)20(14-10-12-15(21)13-11-14)17-7-3-5-9-19(17)22;/h2-13,21H,1H3;1H. The summed E-state index contributed by atoms with van der Waals surface area (Å²) in [5.41, 5.74) is 7.84. The molecule has 2 aromatic carbocycles. The molecule has 23 heavy (non-hydrogen) atoms. The fourth-order valence-electron chi connectivity index (χ4n) is 3.18. The zero-order valence-corrected chi connectivity index (χ0v) is 15.1. The number of nitrogens with zero attached hydrogens (tertiary/aromatic N) is 1. The van der Waals surface area contributed by atoms with Crippen molar-refractivity contribution in [1.29, 1.82) is 5.41 Å². The molecule has 0 radical (unpaired) electrons. The topological polar surface area (TPSA) is 27.1 Å². The van der Waals surface area contributed by atoms with Gasteiger partial charge in [0.2, 0.25) is 0 Å². The van der Waals surface area contributed by atoms with Gasteiger partial charge in [0.1, 0.15) is 0 Å². The lowest BCUT2D eigenvalue weighted by molar-refractivity contribution is 1.17. The van der Waals surface area contributed by atoms with Gasteiger partial charge in [0, 0.05) is 35.1 Å². The number of rotatable bonds is 0. The molecule has 2 nitrogen and oxygen atoms in total. The number of hydrogen-bond donors (Lipinski definition) is 1. The third kappa shape index (κ3) is 2.55. The molecule has 1 N–H and O–H groups in total. The van der Waals surface area contributed by atoms with Crippen LogP contribution in [0.2, 0.25) is 0 Å². The van der Waals surface area contributed by atoms with Crippen LogP contribution >= 0.6 is 24.0 Å². The van der Waals surface area contributed by atoms with Gasteiger partial charge in [-0.25, -0.2) is 0 Å². The number of benzene rings is 2. The highest BCUT2D eigenvalue weighted by atomic mass is 127. The SMILES string of the molecule is CN1c2ccccc2C(=C2C=CC(=N)C=C2)c2ccccc21.I. The van der Waals surface area contributed by atoms with Crippen molar-refractivity contribution >= 4 is 46.6 Å². The average molecular weight is 412 g/mol. The Morgan fingerprint density at radius 2 is 1.22 bits per heavy atom. The number of allylic oxidation sites excluding steroid dienone is 5. The van der Waals surface area contributed by atoms with Crippen molar-refractivity contribution in [1.82, 2.24) is 0 Å². The van der Waals surface area contributed by atoms with E-state index in [0.717, 1.165) is 5.57 Å². The first-order valence-electron chi connectivity index (χ1n) is 7.37. The quantitative estimate of drug-likeness (QED) is 0.582. The van der Waals surface area contributed by atoms with Crippen LogP contribution < -0.4 is 4.90 Å². The van der Waals surface area contributed by atoms with E-state index in [1.165, 1.54) is 28.1 Å². The molecule has 1 aliphatic carbocycles. The maximum atomic E-state index is 7.71. The van der Waals surface area contributed by atoms with Gasteiger partial charge in [-0.3, -0.25) is 0 Å². The second kappa shape index (κ2) is 6.16. The van der Waals surface area contributed by atoms with Crippen molar-refractivity contribution < 1.29 is 0 Å². The largest absolute Gasteiger partial charge is 0.344 e. The highest BCUT2D eigenvalue weighted by Crippen LogP contribution is 2.45. The van der Waals surface area contributed by atoms with E-state index in [1.54, 1.807) is 0 Å². The monoisotopic (exact) mass is 412 g/mol. The number of hydrogen-bond acceptors (Lipinski definition) is 2. The smallest absolute Gasteiger partial charge is 0.0540 e. The van der Waals surface area contributed by atoms with Crippen LogP contribution in [-0.2, 0) is 0 Å². The molecule has 0 amide bonds. The lowest BCUT2D eigenvalue weighted by Crippen LogP contribution is -2.18. The van der Waals surface area contributed by atoms with Gasteiger partial charge in [-0.1, -0.05) is 48.6 Å². The molecule has 0 bridgehead atoms. The summed E-state index contributed by atoms with van der Waals surface area (Å²) in [5.74, 6) is 0. The average Bonchev–Trinajstić information content (AvgIpc) is 2.57. The zero-order valence-electron chi connectivity index (χ0n) is 12.8. The molecular formula is C20H17IN2. The molecule has 1 heterocycles. The van der Waals surface area contributed by atoms with Gasteiger partial charge in [-0.2, -0.15) is 0 Å². The number of halogens is 1. The van der Waals surface area contributed by atoms with Crippen molar-refractivity contribution in [2.75, 3.05) is 11.9 Å². The van der Waals surface area contributed by atoms with Gasteiger partial charge < -0.3 is 10.3 Å².